The standard InChI is InChI=1S/C17H24N4/c1-2-17-12-20-7-8-21(13-17)11-14(10-20)16(17)19-9-15-5-3-4-6-18-15/h3-6,9,14,16H,2,7-8,10-13H2,1H3/t14?,16-,17?/m1/s1. The van der Waals surface area contributed by atoms with Gasteiger partial charge in [0.2, 0.25) is 0 Å². The first-order valence-electron chi connectivity index (χ1n) is 8.18. The molecule has 0 radical (unpaired) electrons. The van der Waals surface area contributed by atoms with Gasteiger partial charge in [0, 0.05) is 63.0 Å². The average molecular weight is 284 g/mol. The highest BCUT2D eigenvalue weighted by atomic mass is 15.3. The minimum absolute atomic E-state index is 0.350. The van der Waals surface area contributed by atoms with Gasteiger partial charge in [-0.2, -0.15) is 0 Å². The van der Waals surface area contributed by atoms with E-state index in [1.165, 1.54) is 45.7 Å². The molecule has 5 rings (SSSR count). The lowest BCUT2D eigenvalue weighted by Crippen LogP contribution is -2.62. The second-order valence-corrected chi connectivity index (χ2v) is 6.92. The fourth-order valence-electron chi connectivity index (χ4n) is 4.62. The Bertz CT molecular complexity index is 511. The number of pyridine rings is 1. The van der Waals surface area contributed by atoms with E-state index in [1.807, 2.05) is 30.6 Å². The number of aromatic nitrogens is 1. The van der Waals surface area contributed by atoms with Gasteiger partial charge in [-0.3, -0.25) is 9.98 Å². The summed E-state index contributed by atoms with van der Waals surface area (Å²) in [6.07, 6.45) is 5.07. The Balaban J connectivity index is 1.63. The maximum atomic E-state index is 5.04. The topological polar surface area (TPSA) is 31.7 Å². The molecule has 1 aromatic rings. The molecule has 0 amide bonds. The number of hydrogen-bond acceptors (Lipinski definition) is 4. The van der Waals surface area contributed by atoms with E-state index < -0.39 is 0 Å². The number of aliphatic imine (C=N–C) groups is 1. The van der Waals surface area contributed by atoms with Crippen molar-refractivity contribution in [2.45, 2.75) is 19.4 Å². The summed E-state index contributed by atoms with van der Waals surface area (Å²) < 4.78 is 0. The van der Waals surface area contributed by atoms with E-state index in [0.717, 1.165) is 5.69 Å². The maximum absolute atomic E-state index is 5.04. The van der Waals surface area contributed by atoms with Crippen LogP contribution in [0.2, 0.25) is 0 Å². The summed E-state index contributed by atoms with van der Waals surface area (Å²) in [4.78, 5) is 14.8. The lowest BCUT2D eigenvalue weighted by Gasteiger charge is -2.53. The van der Waals surface area contributed by atoms with E-state index in [2.05, 4.69) is 21.7 Å². The van der Waals surface area contributed by atoms with E-state index in [4.69, 9.17) is 4.99 Å². The monoisotopic (exact) mass is 284 g/mol. The third-order valence-electron chi connectivity index (χ3n) is 5.63. The predicted molar refractivity (Wildman–Crippen MR) is 84.7 cm³/mol. The van der Waals surface area contributed by atoms with Gasteiger partial charge in [0.05, 0.1) is 11.7 Å². The van der Waals surface area contributed by atoms with Crippen LogP contribution < -0.4 is 0 Å². The fourth-order valence-corrected chi connectivity index (χ4v) is 4.62. The Morgan fingerprint density at radius 2 is 2.05 bits per heavy atom. The third-order valence-corrected chi connectivity index (χ3v) is 5.63. The first kappa shape index (κ1) is 13.4. The van der Waals surface area contributed by atoms with Crippen molar-refractivity contribution in [3.63, 3.8) is 0 Å². The zero-order valence-electron chi connectivity index (χ0n) is 12.8. The van der Waals surface area contributed by atoms with Gasteiger partial charge in [0.25, 0.3) is 0 Å². The Morgan fingerprint density at radius 1 is 1.29 bits per heavy atom. The summed E-state index contributed by atoms with van der Waals surface area (Å²) in [5.41, 5.74) is 1.33. The predicted octanol–water partition coefficient (Wildman–Crippen LogP) is 1.53. The molecule has 4 aliphatic heterocycles. The molecule has 0 N–H and O–H groups in total. The van der Waals surface area contributed by atoms with Gasteiger partial charge in [-0.05, 0) is 18.6 Å². The van der Waals surface area contributed by atoms with Gasteiger partial charge in [0.1, 0.15) is 0 Å². The Hall–Kier alpha value is -1.26. The van der Waals surface area contributed by atoms with Crippen LogP contribution in [-0.2, 0) is 0 Å². The molecule has 0 saturated carbocycles. The van der Waals surface area contributed by atoms with E-state index in [9.17, 15) is 0 Å². The molecule has 0 aromatic carbocycles. The van der Waals surface area contributed by atoms with E-state index in [0.29, 0.717) is 17.4 Å². The normalized spacial score (nSPS) is 41.6. The lowest BCUT2D eigenvalue weighted by atomic mass is 9.67. The SMILES string of the molecule is CCC12CN3CCN(CC(C3)[C@H]1N=Cc1ccccn1)C2. The molecule has 3 atom stereocenters. The summed E-state index contributed by atoms with van der Waals surface area (Å²) in [5, 5.41) is 0. The largest absolute Gasteiger partial charge is 0.301 e. The van der Waals surface area contributed by atoms with Crippen LogP contribution in [0.4, 0.5) is 0 Å². The van der Waals surface area contributed by atoms with Crippen LogP contribution >= 0.6 is 0 Å². The smallest absolute Gasteiger partial charge is 0.0807 e. The number of rotatable bonds is 3. The number of hydrogen-bond donors (Lipinski definition) is 0. The van der Waals surface area contributed by atoms with Crippen molar-refractivity contribution in [2.24, 2.45) is 16.3 Å². The molecular weight excluding hydrogens is 260 g/mol. The van der Waals surface area contributed by atoms with Crippen molar-refractivity contribution in [3.8, 4) is 0 Å². The van der Waals surface area contributed by atoms with E-state index >= 15 is 0 Å². The molecule has 4 heteroatoms. The molecule has 21 heavy (non-hydrogen) atoms. The van der Waals surface area contributed by atoms with Gasteiger partial charge in [-0.1, -0.05) is 13.0 Å². The minimum Gasteiger partial charge on any atom is -0.301 e. The van der Waals surface area contributed by atoms with Crippen LogP contribution in [0.15, 0.2) is 29.4 Å². The number of nitrogens with zero attached hydrogens (tertiary/aromatic N) is 4. The third kappa shape index (κ3) is 2.30. The van der Waals surface area contributed by atoms with Crippen molar-refractivity contribution in [1.29, 1.82) is 0 Å². The number of piperidine rings is 2. The van der Waals surface area contributed by atoms with Crippen molar-refractivity contribution < 1.29 is 0 Å². The van der Waals surface area contributed by atoms with E-state index in [1.54, 1.807) is 0 Å². The molecule has 5 heterocycles. The summed E-state index contributed by atoms with van der Waals surface area (Å²) in [6, 6.07) is 6.49. The van der Waals surface area contributed by atoms with Gasteiger partial charge in [-0.25, -0.2) is 0 Å². The quantitative estimate of drug-likeness (QED) is 0.789. The molecule has 4 saturated heterocycles. The fraction of sp³-hybridized carbons (Fsp3) is 0.647. The molecule has 4 nitrogen and oxygen atoms in total. The van der Waals surface area contributed by atoms with Gasteiger partial charge in [-0.15, -0.1) is 0 Å². The Labute approximate surface area is 126 Å². The average Bonchev–Trinajstić information content (AvgIpc) is 2.76. The first-order chi connectivity index (χ1) is 10.3. The molecule has 1 aromatic heterocycles. The van der Waals surface area contributed by atoms with Crippen LogP contribution in [0, 0.1) is 11.3 Å². The second-order valence-electron chi connectivity index (χ2n) is 6.92. The van der Waals surface area contributed by atoms with E-state index in [-0.39, 0.29) is 0 Å². The Morgan fingerprint density at radius 3 is 2.67 bits per heavy atom. The molecule has 0 aliphatic carbocycles. The zero-order valence-corrected chi connectivity index (χ0v) is 12.8. The summed E-state index contributed by atoms with van der Waals surface area (Å²) in [6.45, 7) is 9.73. The summed E-state index contributed by atoms with van der Waals surface area (Å²) in [5.74, 6) is 0.690. The van der Waals surface area contributed by atoms with Crippen LogP contribution in [0.1, 0.15) is 19.0 Å². The molecule has 4 aliphatic rings. The lowest BCUT2D eigenvalue weighted by molar-refractivity contribution is -0.0176. The molecule has 4 fully saturated rings. The molecular formula is C17H24N4. The number of fused-ring (bicyclic) bond motifs is 1. The molecule has 4 bridgehead atoms. The summed E-state index contributed by atoms with van der Waals surface area (Å²) in [7, 11) is 0. The molecule has 0 spiro atoms. The van der Waals surface area contributed by atoms with Gasteiger partial charge in [0.15, 0.2) is 0 Å². The van der Waals surface area contributed by atoms with Crippen molar-refractivity contribution in [3.05, 3.63) is 30.1 Å². The van der Waals surface area contributed by atoms with Crippen LogP contribution in [0.3, 0.4) is 0 Å². The molecule has 112 valence electrons. The second kappa shape index (κ2) is 5.18. The maximum Gasteiger partial charge on any atom is 0.0807 e. The van der Waals surface area contributed by atoms with Gasteiger partial charge < -0.3 is 9.80 Å². The van der Waals surface area contributed by atoms with Crippen molar-refractivity contribution in [2.75, 3.05) is 39.3 Å². The van der Waals surface area contributed by atoms with Crippen LogP contribution in [0.25, 0.3) is 0 Å². The molecule has 2 unspecified atom stereocenters. The van der Waals surface area contributed by atoms with Crippen molar-refractivity contribution in [1.82, 2.24) is 14.8 Å². The minimum atomic E-state index is 0.350. The highest BCUT2D eigenvalue weighted by Crippen LogP contribution is 2.44. The van der Waals surface area contributed by atoms with Crippen LogP contribution in [0.5, 0.6) is 0 Å². The van der Waals surface area contributed by atoms with Crippen LogP contribution in [-0.4, -0.2) is 66.3 Å². The zero-order chi connectivity index (χ0) is 14.3. The Kier molecular flexibility index (Phi) is 3.31. The highest BCUT2D eigenvalue weighted by Gasteiger charge is 2.53. The highest BCUT2D eigenvalue weighted by molar-refractivity contribution is 5.76. The van der Waals surface area contributed by atoms with Gasteiger partial charge >= 0.3 is 0 Å². The summed E-state index contributed by atoms with van der Waals surface area (Å²) >= 11 is 0. The first-order valence-corrected chi connectivity index (χ1v) is 8.18. The van der Waals surface area contributed by atoms with Crippen molar-refractivity contribution >= 4 is 6.21 Å².